The van der Waals surface area contributed by atoms with E-state index in [2.05, 4.69) is 64.6 Å². The van der Waals surface area contributed by atoms with Crippen LogP contribution in [0, 0.1) is 5.92 Å². The fourth-order valence-corrected chi connectivity index (χ4v) is 6.22. The third-order valence-electron chi connectivity index (χ3n) is 8.33. The number of nitrogens with one attached hydrogen (secondary N) is 1. The number of benzene rings is 3. The summed E-state index contributed by atoms with van der Waals surface area (Å²) in [5, 5.41) is 1.33. The number of aromatic nitrogens is 1. The van der Waals surface area contributed by atoms with E-state index in [-0.39, 0.29) is 0 Å². The van der Waals surface area contributed by atoms with Crippen LogP contribution in [-0.4, -0.2) is 43.3 Å². The Balaban J connectivity index is 1.27. The molecule has 38 heavy (non-hydrogen) atoms. The normalized spacial score (nSPS) is 18.4. The summed E-state index contributed by atoms with van der Waals surface area (Å²) in [6.45, 7) is 4.54. The quantitative estimate of drug-likeness (QED) is 0.272. The van der Waals surface area contributed by atoms with Crippen molar-refractivity contribution in [3.05, 3.63) is 95.2 Å². The Morgan fingerprint density at radius 3 is 2.63 bits per heavy atom. The molecule has 6 rings (SSSR count). The molecule has 2 aliphatic heterocycles. The van der Waals surface area contributed by atoms with E-state index in [1.54, 1.807) is 7.11 Å². The minimum absolute atomic E-state index is 0.354. The molecule has 5 heteroatoms. The molecule has 4 aromatic rings. The van der Waals surface area contributed by atoms with Crippen molar-refractivity contribution in [1.29, 1.82) is 0 Å². The second-order valence-corrected chi connectivity index (χ2v) is 10.7. The highest BCUT2D eigenvalue weighted by atomic mass is 16.5. The Morgan fingerprint density at radius 1 is 0.974 bits per heavy atom. The number of ether oxygens (including phenoxy) is 3. The van der Waals surface area contributed by atoms with Crippen LogP contribution in [0.25, 0.3) is 10.9 Å². The highest BCUT2D eigenvalue weighted by Gasteiger charge is 2.31. The Hall–Kier alpha value is -3.28. The molecule has 1 N–H and O–H groups in total. The summed E-state index contributed by atoms with van der Waals surface area (Å²) in [5.41, 5.74) is 6.56. The summed E-state index contributed by atoms with van der Waals surface area (Å²) in [4.78, 5) is 6.19. The van der Waals surface area contributed by atoms with Gasteiger partial charge in [-0.15, -0.1) is 0 Å². The summed E-state index contributed by atoms with van der Waals surface area (Å²) >= 11 is 0. The lowest BCUT2D eigenvalue weighted by atomic mass is 9.87. The van der Waals surface area contributed by atoms with Gasteiger partial charge in [0.15, 0.2) is 11.5 Å². The molecule has 1 fully saturated rings. The zero-order valence-electron chi connectivity index (χ0n) is 22.3. The maximum Gasteiger partial charge on any atom is 0.161 e. The van der Waals surface area contributed by atoms with Crippen molar-refractivity contribution in [2.75, 3.05) is 33.4 Å². The third kappa shape index (κ3) is 5.45. The van der Waals surface area contributed by atoms with Crippen molar-refractivity contribution in [1.82, 2.24) is 9.88 Å². The van der Waals surface area contributed by atoms with Crippen molar-refractivity contribution in [2.45, 2.75) is 44.8 Å². The largest absolute Gasteiger partial charge is 0.493 e. The molecular weight excluding hydrogens is 472 g/mol. The molecule has 0 bridgehead atoms. The van der Waals surface area contributed by atoms with Crippen molar-refractivity contribution in [3.8, 4) is 11.5 Å². The summed E-state index contributed by atoms with van der Waals surface area (Å²) in [7, 11) is 1.75. The topological polar surface area (TPSA) is 46.7 Å². The van der Waals surface area contributed by atoms with Gasteiger partial charge in [-0.05, 0) is 78.5 Å². The number of fused-ring (bicyclic) bond motifs is 2. The first-order chi connectivity index (χ1) is 18.8. The molecule has 5 nitrogen and oxygen atoms in total. The van der Waals surface area contributed by atoms with Crippen LogP contribution < -0.4 is 9.47 Å². The fourth-order valence-electron chi connectivity index (χ4n) is 6.22. The van der Waals surface area contributed by atoms with E-state index in [1.165, 1.54) is 27.6 Å². The molecule has 3 aromatic carbocycles. The zero-order chi connectivity index (χ0) is 25.7. The van der Waals surface area contributed by atoms with Gasteiger partial charge in [0.25, 0.3) is 0 Å². The molecule has 0 saturated carbocycles. The first-order valence-corrected chi connectivity index (χ1v) is 14.0. The van der Waals surface area contributed by atoms with Gasteiger partial charge >= 0.3 is 0 Å². The maximum absolute atomic E-state index is 6.27. The van der Waals surface area contributed by atoms with Crippen LogP contribution >= 0.6 is 0 Å². The molecule has 0 aliphatic carbocycles. The second kappa shape index (κ2) is 11.6. The molecule has 1 aromatic heterocycles. The van der Waals surface area contributed by atoms with Gasteiger partial charge in [0.2, 0.25) is 0 Å². The highest BCUT2D eigenvalue weighted by molar-refractivity contribution is 5.83. The second-order valence-electron chi connectivity index (χ2n) is 10.7. The minimum atomic E-state index is 0.354. The Bertz CT molecular complexity index is 1340. The summed E-state index contributed by atoms with van der Waals surface area (Å²) in [6.07, 6.45) is 7.66. The van der Waals surface area contributed by atoms with E-state index in [0.29, 0.717) is 18.6 Å². The molecule has 0 spiro atoms. The van der Waals surface area contributed by atoms with E-state index in [1.807, 2.05) is 18.2 Å². The SMILES string of the molecule is COc1cc2c(cc1OCc1ccccc1)CCN(CC1CCOCC1)C2CCc1c[nH]c2ccccc12. The number of hydrogen-bond acceptors (Lipinski definition) is 4. The number of rotatable bonds is 9. The number of aromatic amines is 1. The molecular formula is C33H38N2O3. The zero-order valence-corrected chi connectivity index (χ0v) is 22.3. The van der Waals surface area contributed by atoms with E-state index in [9.17, 15) is 0 Å². The van der Waals surface area contributed by atoms with Crippen molar-refractivity contribution >= 4 is 10.9 Å². The van der Waals surface area contributed by atoms with Gasteiger partial charge in [-0.25, -0.2) is 0 Å². The molecule has 0 amide bonds. The molecule has 198 valence electrons. The van der Waals surface area contributed by atoms with Crippen LogP contribution in [0.4, 0.5) is 0 Å². The first kappa shape index (κ1) is 25.0. The van der Waals surface area contributed by atoms with Crippen LogP contribution in [0.3, 0.4) is 0 Å². The number of nitrogens with zero attached hydrogens (tertiary/aromatic N) is 1. The number of hydrogen-bond donors (Lipinski definition) is 1. The van der Waals surface area contributed by atoms with Crippen molar-refractivity contribution < 1.29 is 14.2 Å². The molecule has 2 aliphatic rings. The Morgan fingerprint density at radius 2 is 1.79 bits per heavy atom. The van der Waals surface area contributed by atoms with E-state index >= 15 is 0 Å². The molecule has 1 atom stereocenters. The van der Waals surface area contributed by atoms with Gasteiger partial charge in [0, 0.05) is 49.4 Å². The van der Waals surface area contributed by atoms with Crippen LogP contribution in [0.5, 0.6) is 11.5 Å². The van der Waals surface area contributed by atoms with Crippen LogP contribution in [0.2, 0.25) is 0 Å². The number of methoxy groups -OCH3 is 1. The van der Waals surface area contributed by atoms with Crippen molar-refractivity contribution in [2.24, 2.45) is 5.92 Å². The lowest BCUT2D eigenvalue weighted by molar-refractivity contribution is 0.0423. The Labute approximate surface area is 225 Å². The maximum atomic E-state index is 6.27. The predicted octanol–water partition coefficient (Wildman–Crippen LogP) is 6.71. The van der Waals surface area contributed by atoms with Crippen LogP contribution in [-0.2, 0) is 24.2 Å². The average molecular weight is 511 g/mol. The monoisotopic (exact) mass is 510 g/mol. The van der Waals surface area contributed by atoms with E-state index in [0.717, 1.165) is 75.5 Å². The Kier molecular flexibility index (Phi) is 7.66. The third-order valence-corrected chi connectivity index (χ3v) is 8.33. The molecule has 3 heterocycles. The lowest BCUT2D eigenvalue weighted by Crippen LogP contribution is -2.40. The van der Waals surface area contributed by atoms with E-state index in [4.69, 9.17) is 14.2 Å². The number of aryl methyl sites for hydroxylation is 1. The van der Waals surface area contributed by atoms with Gasteiger partial charge in [-0.2, -0.15) is 0 Å². The average Bonchev–Trinajstić information content (AvgIpc) is 3.39. The summed E-state index contributed by atoms with van der Waals surface area (Å²) in [6, 6.07) is 23.8. The fraction of sp³-hybridized carbons (Fsp3) is 0.394. The first-order valence-electron chi connectivity index (χ1n) is 14.0. The van der Waals surface area contributed by atoms with Crippen LogP contribution in [0.1, 0.15) is 47.6 Å². The molecule has 1 saturated heterocycles. The standard InChI is InChI=1S/C33H38N2O3/c1-36-32-20-29-26(19-33(32)38-23-25-7-3-2-4-8-25)13-16-35(22-24-14-17-37-18-15-24)31(29)12-11-27-21-34-30-10-6-5-9-28(27)30/h2-10,19-21,24,31,34H,11-18,22-23H2,1H3. The van der Waals surface area contributed by atoms with Gasteiger partial charge in [-0.3, -0.25) is 4.90 Å². The summed E-state index contributed by atoms with van der Waals surface area (Å²) in [5.74, 6) is 2.37. The molecule has 0 radical (unpaired) electrons. The van der Waals surface area contributed by atoms with Crippen LogP contribution in [0.15, 0.2) is 72.9 Å². The predicted molar refractivity (Wildman–Crippen MR) is 152 cm³/mol. The summed E-state index contributed by atoms with van der Waals surface area (Å²) < 4.78 is 17.8. The minimum Gasteiger partial charge on any atom is -0.493 e. The van der Waals surface area contributed by atoms with Gasteiger partial charge in [0.1, 0.15) is 6.61 Å². The van der Waals surface area contributed by atoms with Gasteiger partial charge in [0.05, 0.1) is 7.11 Å². The van der Waals surface area contributed by atoms with Gasteiger partial charge in [-0.1, -0.05) is 48.5 Å². The molecule has 1 unspecified atom stereocenters. The van der Waals surface area contributed by atoms with Gasteiger partial charge < -0.3 is 19.2 Å². The highest BCUT2D eigenvalue weighted by Crippen LogP contribution is 2.41. The lowest BCUT2D eigenvalue weighted by Gasteiger charge is -2.40. The van der Waals surface area contributed by atoms with E-state index < -0.39 is 0 Å². The number of para-hydroxylation sites is 1. The number of H-pyrrole nitrogens is 1. The smallest absolute Gasteiger partial charge is 0.161 e. The van der Waals surface area contributed by atoms with Crippen molar-refractivity contribution in [3.63, 3.8) is 0 Å².